The van der Waals surface area contributed by atoms with E-state index in [9.17, 15) is 14.4 Å². The van der Waals surface area contributed by atoms with Gasteiger partial charge in [-0.25, -0.2) is 9.59 Å². The molecule has 1 aromatic heterocycles. The summed E-state index contributed by atoms with van der Waals surface area (Å²) < 4.78 is 0. The van der Waals surface area contributed by atoms with Crippen LogP contribution in [0.15, 0.2) is 16.8 Å². The molecule has 5 N–H and O–H groups in total. The molecule has 0 aliphatic carbocycles. The van der Waals surface area contributed by atoms with Crippen LogP contribution in [0.4, 0.5) is 4.79 Å². The lowest BCUT2D eigenvalue weighted by atomic mass is 10.1. The number of rotatable bonds is 7. The monoisotopic (exact) mass is 299 g/mol. The van der Waals surface area contributed by atoms with E-state index in [4.69, 9.17) is 10.8 Å². The zero-order chi connectivity index (χ0) is 15.1. The van der Waals surface area contributed by atoms with Gasteiger partial charge in [-0.2, -0.15) is 11.3 Å². The number of carboxylic acids is 1. The summed E-state index contributed by atoms with van der Waals surface area (Å²) in [5.74, 6) is -2.09. The van der Waals surface area contributed by atoms with E-state index >= 15 is 0 Å². The first-order chi connectivity index (χ1) is 9.38. The van der Waals surface area contributed by atoms with E-state index in [1.807, 2.05) is 16.8 Å². The SMILES string of the molecule is CC(Cc1ccsc1)NC(=O)N[C@H](CC(N)=O)C(=O)O. The summed E-state index contributed by atoms with van der Waals surface area (Å²) in [6.45, 7) is 1.81. The zero-order valence-electron chi connectivity index (χ0n) is 11.0. The van der Waals surface area contributed by atoms with Gasteiger partial charge in [0.2, 0.25) is 5.91 Å². The summed E-state index contributed by atoms with van der Waals surface area (Å²) in [5, 5.41) is 17.6. The molecule has 1 aromatic rings. The Labute approximate surface area is 120 Å². The second-order valence-corrected chi connectivity index (χ2v) is 5.20. The zero-order valence-corrected chi connectivity index (χ0v) is 11.8. The van der Waals surface area contributed by atoms with Gasteiger partial charge in [-0.05, 0) is 35.7 Å². The van der Waals surface area contributed by atoms with E-state index < -0.39 is 30.4 Å². The minimum Gasteiger partial charge on any atom is -0.480 e. The minimum absolute atomic E-state index is 0.160. The highest BCUT2D eigenvalue weighted by Gasteiger charge is 2.22. The van der Waals surface area contributed by atoms with Crippen LogP contribution in [0.5, 0.6) is 0 Å². The molecule has 0 spiro atoms. The van der Waals surface area contributed by atoms with Crippen molar-refractivity contribution in [2.45, 2.75) is 31.8 Å². The van der Waals surface area contributed by atoms with Gasteiger partial charge in [-0.3, -0.25) is 4.79 Å². The molecule has 0 saturated carbocycles. The number of nitrogens with two attached hydrogens (primary N) is 1. The average Bonchev–Trinajstić information content (AvgIpc) is 2.79. The molecule has 0 radical (unpaired) electrons. The van der Waals surface area contributed by atoms with Crippen molar-refractivity contribution >= 4 is 29.2 Å². The number of urea groups is 1. The van der Waals surface area contributed by atoms with Crippen molar-refractivity contribution in [2.75, 3.05) is 0 Å². The lowest BCUT2D eigenvalue weighted by molar-refractivity contribution is -0.140. The molecule has 1 heterocycles. The van der Waals surface area contributed by atoms with E-state index in [1.165, 1.54) is 0 Å². The number of nitrogens with one attached hydrogen (secondary N) is 2. The molecule has 2 atom stereocenters. The molecule has 8 heteroatoms. The lowest BCUT2D eigenvalue weighted by Gasteiger charge is -2.17. The quantitative estimate of drug-likeness (QED) is 0.578. The molecule has 7 nitrogen and oxygen atoms in total. The highest BCUT2D eigenvalue weighted by molar-refractivity contribution is 7.07. The number of thiophene rings is 1. The second kappa shape index (κ2) is 7.49. The number of aliphatic carboxylic acids is 1. The van der Waals surface area contributed by atoms with Crippen LogP contribution in [-0.2, 0) is 16.0 Å². The van der Waals surface area contributed by atoms with Crippen LogP contribution < -0.4 is 16.4 Å². The smallest absolute Gasteiger partial charge is 0.326 e. The highest BCUT2D eigenvalue weighted by atomic mass is 32.1. The Kier molecular flexibility index (Phi) is 5.98. The van der Waals surface area contributed by atoms with Crippen LogP contribution in [0.2, 0.25) is 0 Å². The lowest BCUT2D eigenvalue weighted by Crippen LogP contribution is -2.50. The van der Waals surface area contributed by atoms with Crippen LogP contribution in [-0.4, -0.2) is 35.1 Å². The van der Waals surface area contributed by atoms with Gasteiger partial charge in [0.1, 0.15) is 6.04 Å². The van der Waals surface area contributed by atoms with Crippen molar-refractivity contribution in [1.82, 2.24) is 10.6 Å². The van der Waals surface area contributed by atoms with Gasteiger partial charge < -0.3 is 21.5 Å². The van der Waals surface area contributed by atoms with E-state index in [0.717, 1.165) is 5.56 Å². The summed E-state index contributed by atoms with van der Waals surface area (Å²) in [6, 6.07) is -0.164. The van der Waals surface area contributed by atoms with E-state index in [1.54, 1.807) is 18.3 Å². The standard InChI is InChI=1S/C12H17N3O4S/c1-7(4-8-2-3-20-6-8)14-12(19)15-9(11(17)18)5-10(13)16/h2-3,6-7,9H,4-5H2,1H3,(H2,13,16)(H,17,18)(H2,14,15,19)/t7?,9-/m1/s1. The summed E-state index contributed by atoms with van der Waals surface area (Å²) in [7, 11) is 0. The Morgan fingerprint density at radius 3 is 2.60 bits per heavy atom. The first-order valence-corrected chi connectivity index (χ1v) is 6.92. The van der Waals surface area contributed by atoms with Crippen molar-refractivity contribution in [3.05, 3.63) is 22.4 Å². The van der Waals surface area contributed by atoms with Crippen molar-refractivity contribution in [3.8, 4) is 0 Å². The molecule has 0 aliphatic rings. The fraction of sp³-hybridized carbons (Fsp3) is 0.417. The molecule has 1 rings (SSSR count). The number of primary amides is 1. The molecule has 20 heavy (non-hydrogen) atoms. The number of hydrogen-bond acceptors (Lipinski definition) is 4. The second-order valence-electron chi connectivity index (χ2n) is 4.42. The van der Waals surface area contributed by atoms with Crippen molar-refractivity contribution < 1.29 is 19.5 Å². The number of carbonyl (C=O) groups excluding carboxylic acids is 2. The van der Waals surface area contributed by atoms with Gasteiger partial charge in [-0.15, -0.1) is 0 Å². The van der Waals surface area contributed by atoms with Gasteiger partial charge in [0.25, 0.3) is 0 Å². The molecule has 0 aliphatic heterocycles. The Morgan fingerprint density at radius 2 is 2.10 bits per heavy atom. The van der Waals surface area contributed by atoms with Gasteiger partial charge in [0.15, 0.2) is 0 Å². The predicted octanol–water partition coefficient (Wildman–Crippen LogP) is 0.307. The Balaban J connectivity index is 2.44. The largest absolute Gasteiger partial charge is 0.480 e. The molecule has 0 fully saturated rings. The topological polar surface area (TPSA) is 122 Å². The van der Waals surface area contributed by atoms with Crippen molar-refractivity contribution in [2.24, 2.45) is 5.73 Å². The third kappa shape index (κ3) is 5.70. The highest BCUT2D eigenvalue weighted by Crippen LogP contribution is 2.08. The maximum atomic E-state index is 11.6. The predicted molar refractivity (Wildman–Crippen MR) is 74.4 cm³/mol. The summed E-state index contributed by atoms with van der Waals surface area (Å²) >= 11 is 1.56. The van der Waals surface area contributed by atoms with Crippen LogP contribution in [0.25, 0.3) is 0 Å². The maximum Gasteiger partial charge on any atom is 0.326 e. The summed E-state index contributed by atoms with van der Waals surface area (Å²) in [6.07, 6.45) is 0.201. The van der Waals surface area contributed by atoms with Crippen LogP contribution in [0.1, 0.15) is 18.9 Å². The average molecular weight is 299 g/mol. The fourth-order valence-corrected chi connectivity index (χ4v) is 2.32. The molecule has 1 unspecified atom stereocenters. The first kappa shape index (κ1) is 16.0. The van der Waals surface area contributed by atoms with E-state index in [-0.39, 0.29) is 6.04 Å². The molecule has 0 aromatic carbocycles. The summed E-state index contributed by atoms with van der Waals surface area (Å²) in [4.78, 5) is 33.2. The Morgan fingerprint density at radius 1 is 1.40 bits per heavy atom. The van der Waals surface area contributed by atoms with Gasteiger partial charge in [0.05, 0.1) is 6.42 Å². The maximum absolute atomic E-state index is 11.6. The third-order valence-corrected chi connectivity index (χ3v) is 3.24. The Bertz CT molecular complexity index is 475. The van der Waals surface area contributed by atoms with Gasteiger partial charge in [-0.1, -0.05) is 0 Å². The normalized spacial score (nSPS) is 13.2. The van der Waals surface area contributed by atoms with Crippen LogP contribution in [0, 0.1) is 0 Å². The molecular weight excluding hydrogens is 282 g/mol. The van der Waals surface area contributed by atoms with E-state index in [0.29, 0.717) is 6.42 Å². The molecule has 3 amide bonds. The van der Waals surface area contributed by atoms with Gasteiger partial charge >= 0.3 is 12.0 Å². The van der Waals surface area contributed by atoms with Crippen molar-refractivity contribution in [3.63, 3.8) is 0 Å². The number of carbonyl (C=O) groups is 3. The summed E-state index contributed by atoms with van der Waals surface area (Å²) in [5.41, 5.74) is 6.02. The molecule has 0 bridgehead atoms. The third-order valence-electron chi connectivity index (χ3n) is 2.51. The first-order valence-electron chi connectivity index (χ1n) is 5.97. The van der Waals surface area contributed by atoms with Crippen LogP contribution in [0.3, 0.4) is 0 Å². The fourth-order valence-electron chi connectivity index (χ4n) is 1.64. The van der Waals surface area contributed by atoms with Crippen LogP contribution >= 0.6 is 11.3 Å². The van der Waals surface area contributed by atoms with Crippen molar-refractivity contribution in [1.29, 1.82) is 0 Å². The Hall–Kier alpha value is -2.09. The van der Waals surface area contributed by atoms with Gasteiger partial charge in [0, 0.05) is 6.04 Å². The number of hydrogen-bond donors (Lipinski definition) is 4. The number of amides is 3. The van der Waals surface area contributed by atoms with E-state index in [2.05, 4.69) is 10.6 Å². The number of carboxylic acid groups (broad SMARTS) is 1. The molecule has 0 saturated heterocycles. The minimum atomic E-state index is -1.32. The molecule has 110 valence electrons. The molecular formula is C12H17N3O4S.